The molecule has 2 aliphatic rings. The standard InChI is InChI=1S/C26H29ClIN5O3S/c1-26(29)15-32(9-10-33(26)25(35)36-11-2-7-28)24(34)17-4-6-19-21(14-17)31-20-13-16(23-30-8-12-37-23)3-5-18(20)22(19)27/h4,6,8,12,14,16H,2-3,5,7,9-11,13,15,29H2,1H3/t16?,26-/m1/s1. The number of hydrogen-bond donors (Lipinski definition) is 1. The molecule has 8 nitrogen and oxygen atoms in total. The van der Waals surface area contributed by atoms with E-state index >= 15 is 0 Å². The van der Waals surface area contributed by atoms with Gasteiger partial charge >= 0.3 is 6.09 Å². The summed E-state index contributed by atoms with van der Waals surface area (Å²) in [5.74, 6) is 0.193. The number of pyridine rings is 1. The van der Waals surface area contributed by atoms with Crippen LogP contribution in [-0.4, -0.2) is 68.1 Å². The minimum absolute atomic E-state index is 0.146. The summed E-state index contributed by atoms with van der Waals surface area (Å²) >= 11 is 10.7. The van der Waals surface area contributed by atoms with Crippen molar-refractivity contribution in [2.75, 3.05) is 30.7 Å². The van der Waals surface area contributed by atoms with E-state index in [1.54, 1.807) is 29.2 Å². The van der Waals surface area contributed by atoms with Crippen LogP contribution in [0.1, 0.15) is 52.3 Å². The molecule has 196 valence electrons. The molecule has 3 heterocycles. The Balaban J connectivity index is 1.34. The van der Waals surface area contributed by atoms with Crippen LogP contribution in [0.25, 0.3) is 10.9 Å². The molecule has 2 N–H and O–H groups in total. The lowest BCUT2D eigenvalue weighted by Crippen LogP contribution is -2.68. The van der Waals surface area contributed by atoms with Gasteiger partial charge in [-0.05, 0) is 50.3 Å². The molecule has 1 unspecified atom stereocenters. The number of carbonyl (C=O) groups is 2. The number of carbonyl (C=O) groups excluding carboxylic acids is 2. The molecule has 37 heavy (non-hydrogen) atoms. The Kier molecular flexibility index (Phi) is 7.90. The van der Waals surface area contributed by atoms with Gasteiger partial charge in [-0.2, -0.15) is 0 Å². The SMILES string of the molecule is C[C@]1(N)CN(C(=O)c2ccc3c(Cl)c4c(nc3c2)CC(c2nccs2)CC4)CCN1C(=O)OCCCI. The second-order valence-electron chi connectivity index (χ2n) is 9.79. The quantitative estimate of drug-likeness (QED) is 0.236. The smallest absolute Gasteiger partial charge is 0.411 e. The van der Waals surface area contributed by atoms with Gasteiger partial charge in [0.1, 0.15) is 5.66 Å². The molecule has 2 aromatic heterocycles. The zero-order valence-corrected chi connectivity index (χ0v) is 24.3. The molecule has 1 saturated heterocycles. The molecule has 0 radical (unpaired) electrons. The van der Waals surface area contributed by atoms with Crippen LogP contribution in [0.3, 0.4) is 0 Å². The van der Waals surface area contributed by atoms with E-state index in [1.165, 1.54) is 4.90 Å². The Morgan fingerprint density at radius 2 is 2.19 bits per heavy atom. The lowest BCUT2D eigenvalue weighted by atomic mass is 9.86. The predicted octanol–water partition coefficient (Wildman–Crippen LogP) is 5.01. The fourth-order valence-corrected chi connectivity index (χ4v) is 6.59. The van der Waals surface area contributed by atoms with Crippen molar-refractivity contribution < 1.29 is 14.3 Å². The number of thiazole rings is 1. The summed E-state index contributed by atoms with van der Waals surface area (Å²) in [6.07, 6.45) is 4.85. The summed E-state index contributed by atoms with van der Waals surface area (Å²) in [5, 5.41) is 4.71. The summed E-state index contributed by atoms with van der Waals surface area (Å²) in [6, 6.07) is 5.49. The van der Waals surface area contributed by atoms with Gasteiger partial charge in [0.05, 0.1) is 28.7 Å². The van der Waals surface area contributed by atoms with Crippen molar-refractivity contribution in [3.8, 4) is 0 Å². The van der Waals surface area contributed by atoms with Crippen LogP contribution >= 0.6 is 45.5 Å². The maximum Gasteiger partial charge on any atom is 0.411 e. The number of nitrogens with two attached hydrogens (primary N) is 1. The third kappa shape index (κ3) is 5.43. The Labute approximate surface area is 238 Å². The highest BCUT2D eigenvalue weighted by atomic mass is 127. The van der Waals surface area contributed by atoms with Crippen LogP contribution in [0.2, 0.25) is 5.02 Å². The van der Waals surface area contributed by atoms with Crippen LogP contribution in [-0.2, 0) is 17.6 Å². The topological polar surface area (TPSA) is 102 Å². The molecular weight excluding hydrogens is 625 g/mol. The van der Waals surface area contributed by atoms with Gasteiger partial charge in [0.25, 0.3) is 5.91 Å². The van der Waals surface area contributed by atoms with Crippen molar-refractivity contribution >= 4 is 68.4 Å². The molecule has 11 heteroatoms. The van der Waals surface area contributed by atoms with Crippen molar-refractivity contribution in [3.63, 3.8) is 0 Å². The summed E-state index contributed by atoms with van der Waals surface area (Å²) in [4.78, 5) is 38.6. The first-order valence-corrected chi connectivity index (χ1v) is 15.2. The Bertz CT molecular complexity index is 1320. The number of hydrogen-bond acceptors (Lipinski definition) is 7. The first-order valence-electron chi connectivity index (χ1n) is 12.4. The van der Waals surface area contributed by atoms with Gasteiger partial charge in [0.2, 0.25) is 0 Å². The van der Waals surface area contributed by atoms with Crippen molar-refractivity contribution in [3.05, 3.63) is 56.6 Å². The normalized spacial score (nSPS) is 21.7. The Morgan fingerprint density at radius 3 is 2.92 bits per heavy atom. The van der Waals surface area contributed by atoms with Crippen LogP contribution in [0.5, 0.6) is 0 Å². The molecule has 2 atom stereocenters. The number of aromatic nitrogens is 2. The average Bonchev–Trinajstić information content (AvgIpc) is 3.42. The average molecular weight is 654 g/mol. The number of ether oxygens (including phenoxy) is 1. The summed E-state index contributed by atoms with van der Waals surface area (Å²) in [7, 11) is 0. The number of halogens is 2. The minimum atomic E-state index is -1.03. The maximum atomic E-state index is 13.5. The highest BCUT2D eigenvalue weighted by molar-refractivity contribution is 14.1. The number of alkyl halides is 1. The molecule has 2 amide bonds. The molecular formula is C26H29ClIN5O3S. The van der Waals surface area contributed by atoms with Crippen molar-refractivity contribution in [2.45, 2.75) is 44.2 Å². The first-order chi connectivity index (χ1) is 17.8. The number of amides is 2. The van der Waals surface area contributed by atoms with Gasteiger partial charge < -0.3 is 15.4 Å². The third-order valence-electron chi connectivity index (χ3n) is 7.07. The zero-order chi connectivity index (χ0) is 26.2. The van der Waals surface area contributed by atoms with E-state index in [0.29, 0.717) is 36.7 Å². The molecule has 1 aromatic carbocycles. The third-order valence-corrected chi connectivity index (χ3v) is 9.20. The second kappa shape index (κ2) is 11.0. The molecule has 5 rings (SSSR count). The van der Waals surface area contributed by atoms with Gasteiger partial charge in [-0.15, -0.1) is 11.3 Å². The maximum absolute atomic E-state index is 13.5. The van der Waals surface area contributed by atoms with E-state index in [0.717, 1.165) is 56.8 Å². The number of benzene rings is 1. The Hall–Kier alpha value is -2.02. The van der Waals surface area contributed by atoms with Gasteiger partial charge in [0, 0.05) is 51.7 Å². The van der Waals surface area contributed by atoms with E-state index in [9.17, 15) is 9.59 Å². The molecule has 0 spiro atoms. The lowest BCUT2D eigenvalue weighted by molar-refractivity contribution is 0.00664. The Morgan fingerprint density at radius 1 is 1.35 bits per heavy atom. The fourth-order valence-electron chi connectivity index (χ4n) is 5.14. The molecule has 1 aliphatic carbocycles. The van der Waals surface area contributed by atoms with Crippen molar-refractivity contribution in [1.29, 1.82) is 0 Å². The van der Waals surface area contributed by atoms with E-state index in [1.807, 2.05) is 23.7 Å². The highest BCUT2D eigenvalue weighted by Gasteiger charge is 2.40. The molecule has 1 aliphatic heterocycles. The van der Waals surface area contributed by atoms with Crippen LogP contribution in [0.15, 0.2) is 29.8 Å². The summed E-state index contributed by atoms with van der Waals surface area (Å²) in [5.41, 5.74) is 8.76. The van der Waals surface area contributed by atoms with Gasteiger partial charge in [0.15, 0.2) is 0 Å². The number of nitrogens with zero attached hydrogens (tertiary/aromatic N) is 4. The number of piperazine rings is 1. The van der Waals surface area contributed by atoms with Crippen molar-refractivity contribution in [1.82, 2.24) is 19.8 Å². The summed E-state index contributed by atoms with van der Waals surface area (Å²) in [6.45, 7) is 3.00. The van der Waals surface area contributed by atoms with Gasteiger partial charge in [-0.25, -0.2) is 9.78 Å². The van der Waals surface area contributed by atoms with E-state index in [4.69, 9.17) is 27.1 Å². The van der Waals surface area contributed by atoms with E-state index < -0.39 is 11.8 Å². The van der Waals surface area contributed by atoms with Crippen LogP contribution in [0, 0.1) is 0 Å². The number of rotatable bonds is 5. The molecule has 0 bridgehead atoms. The lowest BCUT2D eigenvalue weighted by Gasteiger charge is -2.45. The van der Waals surface area contributed by atoms with Crippen LogP contribution in [0.4, 0.5) is 4.79 Å². The highest BCUT2D eigenvalue weighted by Crippen LogP contribution is 2.38. The van der Waals surface area contributed by atoms with Crippen molar-refractivity contribution in [2.24, 2.45) is 5.73 Å². The monoisotopic (exact) mass is 653 g/mol. The fraction of sp³-hybridized carbons (Fsp3) is 0.462. The molecule has 3 aromatic rings. The molecule has 1 fully saturated rings. The minimum Gasteiger partial charge on any atom is -0.449 e. The van der Waals surface area contributed by atoms with Gasteiger partial charge in [-0.3, -0.25) is 14.7 Å². The number of fused-ring (bicyclic) bond motifs is 2. The van der Waals surface area contributed by atoms with Crippen LogP contribution < -0.4 is 5.73 Å². The van der Waals surface area contributed by atoms with E-state index in [2.05, 4.69) is 27.6 Å². The zero-order valence-electron chi connectivity index (χ0n) is 20.6. The van der Waals surface area contributed by atoms with Gasteiger partial charge in [-0.1, -0.05) is 40.3 Å². The first kappa shape index (κ1) is 26.6. The van der Waals surface area contributed by atoms with E-state index in [-0.39, 0.29) is 12.5 Å². The predicted molar refractivity (Wildman–Crippen MR) is 154 cm³/mol. The molecule has 0 saturated carbocycles. The second-order valence-corrected chi connectivity index (χ2v) is 12.2. The summed E-state index contributed by atoms with van der Waals surface area (Å²) < 4.78 is 6.26. The largest absolute Gasteiger partial charge is 0.449 e.